The third-order valence-corrected chi connectivity index (χ3v) is 3.68. The molecule has 0 amide bonds. The molecule has 8 heteroatoms. The molecule has 2 rings (SSSR count). The lowest BCUT2D eigenvalue weighted by Crippen LogP contribution is -2.06. The number of ether oxygens (including phenoxy) is 2. The number of benzene rings is 2. The van der Waals surface area contributed by atoms with E-state index in [2.05, 4.69) is 4.99 Å². The molecule has 130 valence electrons. The lowest BCUT2D eigenvalue weighted by atomic mass is 10.1. The van der Waals surface area contributed by atoms with Crippen molar-refractivity contribution in [3.05, 3.63) is 56.6 Å². The number of methoxy groups -OCH3 is 1. The number of carbonyl (C=O) groups is 1. The van der Waals surface area contributed by atoms with Crippen LogP contribution >= 0.6 is 11.6 Å². The second-order valence-corrected chi connectivity index (χ2v) is 5.48. The molecule has 0 fully saturated rings. The Hall–Kier alpha value is -2.93. The van der Waals surface area contributed by atoms with Crippen LogP contribution in [0.25, 0.3) is 0 Å². The number of nitro groups is 1. The van der Waals surface area contributed by atoms with Crippen molar-refractivity contribution in [1.82, 2.24) is 0 Å². The second-order valence-electron chi connectivity index (χ2n) is 5.08. The van der Waals surface area contributed by atoms with Gasteiger partial charge in [0.1, 0.15) is 0 Å². The van der Waals surface area contributed by atoms with Crippen LogP contribution in [0.4, 0.5) is 11.4 Å². The topological polar surface area (TPSA) is 91.0 Å². The van der Waals surface area contributed by atoms with Crippen LogP contribution in [0.3, 0.4) is 0 Å². The molecule has 25 heavy (non-hydrogen) atoms. The molecule has 0 radical (unpaired) electrons. The number of aryl methyl sites for hydroxylation is 1. The molecule has 0 N–H and O–H groups in total. The number of aliphatic imine (C=N–C) groups is 1. The summed E-state index contributed by atoms with van der Waals surface area (Å²) >= 11 is 6.04. The molecule has 0 aromatic heterocycles. The van der Waals surface area contributed by atoms with Gasteiger partial charge in [0.15, 0.2) is 5.75 Å². The van der Waals surface area contributed by atoms with Gasteiger partial charge in [-0.25, -0.2) is 0 Å². The number of nitrogens with zero attached hydrogens (tertiary/aromatic N) is 2. The van der Waals surface area contributed by atoms with Crippen molar-refractivity contribution in [1.29, 1.82) is 0 Å². The van der Waals surface area contributed by atoms with Gasteiger partial charge in [0, 0.05) is 18.2 Å². The number of halogens is 1. The van der Waals surface area contributed by atoms with Gasteiger partial charge in [0.05, 0.1) is 23.3 Å². The maximum atomic E-state index is 11.5. The molecular formula is C17H15ClN2O5. The van der Waals surface area contributed by atoms with Crippen molar-refractivity contribution in [2.75, 3.05) is 7.11 Å². The van der Waals surface area contributed by atoms with Crippen LogP contribution in [0.15, 0.2) is 35.3 Å². The van der Waals surface area contributed by atoms with Crippen LogP contribution in [0.5, 0.6) is 11.5 Å². The predicted molar refractivity (Wildman–Crippen MR) is 94.4 cm³/mol. The number of carbonyl (C=O) groups excluding carboxylic acids is 1. The fourth-order valence-corrected chi connectivity index (χ4v) is 2.27. The minimum Gasteiger partial charge on any atom is -0.488 e. The maximum absolute atomic E-state index is 11.5. The summed E-state index contributed by atoms with van der Waals surface area (Å²) in [5, 5.41) is 12.0. The first-order chi connectivity index (χ1) is 11.8. The number of hydrogen-bond donors (Lipinski definition) is 0. The Morgan fingerprint density at radius 3 is 2.60 bits per heavy atom. The molecule has 7 nitrogen and oxygen atoms in total. The molecule has 0 spiro atoms. The summed E-state index contributed by atoms with van der Waals surface area (Å²) in [6.45, 7) is 3.06. The molecule has 0 heterocycles. The number of nitro benzene ring substituents is 1. The van der Waals surface area contributed by atoms with Crippen LogP contribution in [0.2, 0.25) is 5.02 Å². The quantitative estimate of drug-likeness (QED) is 0.261. The van der Waals surface area contributed by atoms with E-state index in [4.69, 9.17) is 21.1 Å². The molecule has 0 bridgehead atoms. The standard InChI is InChI=1S/C17H15ClN2O5/c1-10-4-6-13(8-14(10)18)19-9-12-5-7-15(25-11(2)21)17(24-3)16(12)20(22)23/h4-9H,1-3H3. The van der Waals surface area contributed by atoms with Crippen molar-refractivity contribution in [3.8, 4) is 11.5 Å². The molecule has 2 aromatic rings. The second kappa shape index (κ2) is 7.76. The van der Waals surface area contributed by atoms with E-state index in [-0.39, 0.29) is 22.7 Å². The highest BCUT2D eigenvalue weighted by molar-refractivity contribution is 6.31. The molecule has 0 atom stereocenters. The SMILES string of the molecule is COc1c(OC(C)=O)ccc(C=Nc2ccc(C)c(Cl)c2)c1[N+](=O)[O-]. The Morgan fingerprint density at radius 2 is 2.04 bits per heavy atom. The van der Waals surface area contributed by atoms with Crippen molar-refractivity contribution >= 4 is 35.2 Å². The first-order valence-corrected chi connectivity index (χ1v) is 7.55. The Balaban J connectivity index is 2.49. The zero-order valence-electron chi connectivity index (χ0n) is 13.8. The van der Waals surface area contributed by atoms with Gasteiger partial charge in [0.25, 0.3) is 0 Å². The van der Waals surface area contributed by atoms with Gasteiger partial charge in [-0.1, -0.05) is 17.7 Å². The average molecular weight is 363 g/mol. The Kier molecular flexibility index (Phi) is 5.71. The summed E-state index contributed by atoms with van der Waals surface area (Å²) in [6.07, 6.45) is 1.33. The van der Waals surface area contributed by atoms with E-state index in [0.29, 0.717) is 10.7 Å². The fraction of sp³-hybridized carbons (Fsp3) is 0.176. The number of hydrogen-bond acceptors (Lipinski definition) is 6. The van der Waals surface area contributed by atoms with Crippen molar-refractivity contribution in [2.45, 2.75) is 13.8 Å². The van der Waals surface area contributed by atoms with Gasteiger partial charge >= 0.3 is 11.7 Å². The van der Waals surface area contributed by atoms with E-state index < -0.39 is 10.9 Å². The van der Waals surface area contributed by atoms with E-state index in [9.17, 15) is 14.9 Å². The zero-order chi connectivity index (χ0) is 18.6. The van der Waals surface area contributed by atoms with Crippen LogP contribution < -0.4 is 9.47 Å². The smallest absolute Gasteiger partial charge is 0.323 e. The molecule has 0 unspecified atom stereocenters. The Labute approximate surface area is 149 Å². The molecule has 0 saturated heterocycles. The number of esters is 1. The summed E-state index contributed by atoms with van der Waals surface area (Å²) in [7, 11) is 1.26. The van der Waals surface area contributed by atoms with E-state index in [1.165, 1.54) is 32.4 Å². The van der Waals surface area contributed by atoms with Crippen LogP contribution in [0, 0.1) is 17.0 Å². The lowest BCUT2D eigenvalue weighted by Gasteiger charge is -2.09. The molecule has 2 aromatic carbocycles. The van der Waals surface area contributed by atoms with Crippen molar-refractivity contribution in [3.63, 3.8) is 0 Å². The monoisotopic (exact) mass is 362 g/mol. The molecule has 0 saturated carbocycles. The third-order valence-electron chi connectivity index (χ3n) is 3.28. The molecular weight excluding hydrogens is 348 g/mol. The summed E-state index contributed by atoms with van der Waals surface area (Å²) in [5.41, 5.74) is 1.31. The fourth-order valence-electron chi connectivity index (χ4n) is 2.10. The van der Waals surface area contributed by atoms with Gasteiger partial charge in [-0.2, -0.15) is 0 Å². The van der Waals surface area contributed by atoms with E-state index in [1.54, 1.807) is 18.2 Å². The maximum Gasteiger partial charge on any atom is 0.323 e. The van der Waals surface area contributed by atoms with E-state index in [1.807, 2.05) is 6.92 Å². The Bertz CT molecular complexity index is 864. The third kappa shape index (κ3) is 4.33. The Morgan fingerprint density at radius 1 is 1.32 bits per heavy atom. The summed E-state index contributed by atoms with van der Waals surface area (Å²) in [4.78, 5) is 26.2. The molecule has 0 aliphatic carbocycles. The normalized spacial score (nSPS) is 10.7. The summed E-state index contributed by atoms with van der Waals surface area (Å²) in [5.74, 6) is -0.786. The van der Waals surface area contributed by atoms with Crippen LogP contribution in [-0.2, 0) is 4.79 Å². The van der Waals surface area contributed by atoms with Gasteiger partial charge in [-0.15, -0.1) is 0 Å². The minimum absolute atomic E-state index is 0.0303. The van der Waals surface area contributed by atoms with Crippen molar-refractivity contribution < 1.29 is 19.2 Å². The summed E-state index contributed by atoms with van der Waals surface area (Å²) < 4.78 is 10.0. The highest BCUT2D eigenvalue weighted by atomic mass is 35.5. The zero-order valence-corrected chi connectivity index (χ0v) is 14.5. The highest BCUT2D eigenvalue weighted by Crippen LogP contribution is 2.39. The first-order valence-electron chi connectivity index (χ1n) is 7.17. The highest BCUT2D eigenvalue weighted by Gasteiger charge is 2.25. The molecule has 0 aliphatic heterocycles. The minimum atomic E-state index is -0.616. The van der Waals surface area contributed by atoms with E-state index >= 15 is 0 Å². The average Bonchev–Trinajstić information content (AvgIpc) is 2.55. The number of rotatable bonds is 5. The van der Waals surface area contributed by atoms with Crippen molar-refractivity contribution in [2.24, 2.45) is 4.99 Å². The molecule has 0 aliphatic rings. The summed E-state index contributed by atoms with van der Waals surface area (Å²) in [6, 6.07) is 8.04. The van der Waals surface area contributed by atoms with Gasteiger partial charge in [0.2, 0.25) is 5.75 Å². The van der Waals surface area contributed by atoms with Gasteiger partial charge in [-0.05, 0) is 36.8 Å². The van der Waals surface area contributed by atoms with Gasteiger partial charge in [-0.3, -0.25) is 19.9 Å². The van der Waals surface area contributed by atoms with Gasteiger partial charge < -0.3 is 9.47 Å². The van der Waals surface area contributed by atoms with Crippen LogP contribution in [-0.4, -0.2) is 24.2 Å². The first kappa shape index (κ1) is 18.4. The van der Waals surface area contributed by atoms with E-state index in [0.717, 1.165) is 5.56 Å². The predicted octanol–water partition coefficient (Wildman–Crippen LogP) is 4.24. The lowest BCUT2D eigenvalue weighted by molar-refractivity contribution is -0.385. The van der Waals surface area contributed by atoms with Crippen LogP contribution in [0.1, 0.15) is 18.1 Å². The largest absolute Gasteiger partial charge is 0.488 e.